The quantitative estimate of drug-likeness (QED) is 0.747. The van der Waals surface area contributed by atoms with Gasteiger partial charge in [-0.05, 0) is 72.4 Å². The van der Waals surface area contributed by atoms with E-state index < -0.39 is 0 Å². The van der Waals surface area contributed by atoms with Crippen molar-refractivity contribution in [3.8, 4) is 0 Å². The van der Waals surface area contributed by atoms with Crippen LogP contribution in [0.3, 0.4) is 0 Å². The van der Waals surface area contributed by atoms with Gasteiger partial charge in [-0.2, -0.15) is 0 Å². The van der Waals surface area contributed by atoms with Gasteiger partial charge in [0.15, 0.2) is 0 Å². The molecule has 1 aromatic heterocycles. The molecule has 2 aromatic rings. The molecule has 0 saturated carbocycles. The summed E-state index contributed by atoms with van der Waals surface area (Å²) in [5.74, 6) is 0. The zero-order chi connectivity index (χ0) is 14.7. The van der Waals surface area contributed by atoms with Crippen LogP contribution in [0.5, 0.6) is 0 Å². The van der Waals surface area contributed by atoms with Crippen molar-refractivity contribution in [1.82, 2.24) is 5.32 Å². The van der Waals surface area contributed by atoms with Gasteiger partial charge in [0.25, 0.3) is 0 Å². The third kappa shape index (κ3) is 3.33. The molecule has 0 fully saturated rings. The normalized spacial score (nSPS) is 12.7. The van der Waals surface area contributed by atoms with Crippen molar-refractivity contribution in [3.05, 3.63) is 55.2 Å². The van der Waals surface area contributed by atoms with E-state index in [1.165, 1.54) is 30.9 Å². The molecule has 0 amide bonds. The molecule has 0 aliphatic heterocycles. The first-order valence-electron chi connectivity index (χ1n) is 7.10. The van der Waals surface area contributed by atoms with E-state index in [1.807, 2.05) is 11.3 Å². The van der Waals surface area contributed by atoms with E-state index in [9.17, 15) is 0 Å². The minimum Gasteiger partial charge on any atom is -0.306 e. The molecule has 1 unspecified atom stereocenters. The summed E-state index contributed by atoms with van der Waals surface area (Å²) in [6.45, 7) is 9.82. The maximum absolute atomic E-state index is 3.70. The minimum atomic E-state index is 0.296. The van der Waals surface area contributed by atoms with Gasteiger partial charge in [0.1, 0.15) is 0 Å². The van der Waals surface area contributed by atoms with E-state index in [2.05, 4.69) is 73.2 Å². The molecule has 0 aliphatic carbocycles. The summed E-state index contributed by atoms with van der Waals surface area (Å²) in [5.41, 5.74) is 4.15. The third-order valence-corrected chi connectivity index (χ3v) is 5.92. The highest BCUT2D eigenvalue weighted by atomic mass is 79.9. The lowest BCUT2D eigenvalue weighted by Crippen LogP contribution is -2.23. The lowest BCUT2D eigenvalue weighted by Gasteiger charge is -2.21. The van der Waals surface area contributed by atoms with Crippen molar-refractivity contribution in [1.29, 1.82) is 0 Å². The van der Waals surface area contributed by atoms with Crippen molar-refractivity contribution in [2.24, 2.45) is 0 Å². The molecular weight excluding hydrogens is 330 g/mol. The monoisotopic (exact) mass is 351 g/mol. The second-order valence-corrected chi connectivity index (χ2v) is 7.37. The average Bonchev–Trinajstić information content (AvgIpc) is 2.74. The number of halogens is 1. The molecule has 0 saturated heterocycles. The second-order valence-electron chi connectivity index (χ2n) is 5.23. The molecule has 1 nitrogen and oxygen atoms in total. The van der Waals surface area contributed by atoms with Crippen LogP contribution in [0.4, 0.5) is 0 Å². The van der Waals surface area contributed by atoms with E-state index >= 15 is 0 Å². The molecule has 0 aliphatic rings. The molecule has 0 bridgehead atoms. The topological polar surface area (TPSA) is 12.0 Å². The largest absolute Gasteiger partial charge is 0.306 e. The predicted molar refractivity (Wildman–Crippen MR) is 92.8 cm³/mol. The smallest absolute Gasteiger partial charge is 0.0674 e. The fourth-order valence-electron chi connectivity index (χ4n) is 2.36. The van der Waals surface area contributed by atoms with Crippen molar-refractivity contribution >= 4 is 27.3 Å². The van der Waals surface area contributed by atoms with E-state index in [0.29, 0.717) is 6.04 Å². The summed E-state index contributed by atoms with van der Waals surface area (Å²) in [5, 5.41) is 3.70. The zero-order valence-electron chi connectivity index (χ0n) is 12.6. The van der Waals surface area contributed by atoms with Crippen molar-refractivity contribution in [2.75, 3.05) is 6.54 Å². The van der Waals surface area contributed by atoms with Crippen molar-refractivity contribution in [3.63, 3.8) is 0 Å². The number of aryl methyl sites for hydroxylation is 2. The summed E-state index contributed by atoms with van der Waals surface area (Å²) >= 11 is 5.51. The molecule has 20 heavy (non-hydrogen) atoms. The van der Waals surface area contributed by atoms with E-state index in [0.717, 1.165) is 13.0 Å². The molecule has 2 rings (SSSR count). The molecule has 0 spiro atoms. The zero-order valence-corrected chi connectivity index (χ0v) is 15.0. The highest BCUT2D eigenvalue weighted by Crippen LogP contribution is 2.35. The maximum atomic E-state index is 3.70. The van der Waals surface area contributed by atoms with Crippen LogP contribution in [0.15, 0.2) is 28.7 Å². The second kappa shape index (κ2) is 6.88. The summed E-state index contributed by atoms with van der Waals surface area (Å²) in [4.78, 5) is 2.73. The minimum absolute atomic E-state index is 0.296. The van der Waals surface area contributed by atoms with Gasteiger partial charge in [-0.3, -0.25) is 0 Å². The van der Waals surface area contributed by atoms with Crippen molar-refractivity contribution < 1.29 is 0 Å². The van der Waals surface area contributed by atoms with Gasteiger partial charge in [0.2, 0.25) is 0 Å². The Morgan fingerprint density at radius 3 is 2.60 bits per heavy atom. The fourth-order valence-corrected chi connectivity index (χ4v) is 4.02. The van der Waals surface area contributed by atoms with Crippen LogP contribution in [-0.4, -0.2) is 6.54 Å². The van der Waals surface area contributed by atoms with Gasteiger partial charge in [-0.25, -0.2) is 0 Å². The molecule has 1 N–H and O–H groups in total. The van der Waals surface area contributed by atoms with E-state index in [4.69, 9.17) is 0 Å². The van der Waals surface area contributed by atoms with E-state index in [-0.39, 0.29) is 0 Å². The first-order valence-corrected chi connectivity index (χ1v) is 8.70. The van der Waals surface area contributed by atoms with E-state index in [1.54, 1.807) is 0 Å². The van der Waals surface area contributed by atoms with Crippen LogP contribution in [0.2, 0.25) is 0 Å². The number of hydrogen-bond donors (Lipinski definition) is 1. The highest BCUT2D eigenvalue weighted by molar-refractivity contribution is 9.10. The molecular formula is C17H22BrNS. The lowest BCUT2D eigenvalue weighted by molar-refractivity contribution is 0.603. The number of hydrogen-bond acceptors (Lipinski definition) is 2. The van der Waals surface area contributed by atoms with Crippen LogP contribution in [0.1, 0.15) is 45.8 Å². The van der Waals surface area contributed by atoms with Crippen molar-refractivity contribution in [2.45, 2.75) is 40.2 Å². The first-order chi connectivity index (χ1) is 9.54. The predicted octanol–water partition coefficient (Wildman–Crippen LogP) is 5.52. The Bertz CT molecular complexity index is 569. The Morgan fingerprint density at radius 2 is 2.00 bits per heavy atom. The first kappa shape index (κ1) is 15.7. The van der Waals surface area contributed by atoms with Gasteiger partial charge in [0, 0.05) is 14.2 Å². The SMILES string of the molecule is CCCNC(c1cc(Br)c(C)s1)c1cccc(C)c1C. The number of nitrogens with one attached hydrogen (secondary N) is 1. The van der Waals surface area contributed by atoms with Gasteiger partial charge >= 0.3 is 0 Å². The number of rotatable bonds is 5. The Labute approximate surface area is 134 Å². The van der Waals surface area contributed by atoms with Crippen LogP contribution >= 0.6 is 27.3 Å². The standard InChI is InChI=1S/C17H22BrNS/c1-5-9-19-17(16-10-15(18)13(4)20-16)14-8-6-7-11(2)12(14)3/h6-8,10,17,19H,5,9H2,1-4H3. The van der Waals surface area contributed by atoms with Gasteiger partial charge in [-0.15, -0.1) is 11.3 Å². The Balaban J connectivity index is 2.44. The summed E-state index contributed by atoms with van der Waals surface area (Å²) < 4.78 is 1.21. The maximum Gasteiger partial charge on any atom is 0.0674 e. The molecule has 1 heterocycles. The summed E-state index contributed by atoms with van der Waals surface area (Å²) in [6.07, 6.45) is 1.15. The molecule has 108 valence electrons. The van der Waals surface area contributed by atoms with Gasteiger partial charge in [0.05, 0.1) is 6.04 Å². The number of benzene rings is 1. The summed E-state index contributed by atoms with van der Waals surface area (Å²) in [6, 6.07) is 9.15. The Morgan fingerprint density at radius 1 is 1.25 bits per heavy atom. The van der Waals surface area contributed by atoms with Crippen LogP contribution in [-0.2, 0) is 0 Å². The van der Waals surface area contributed by atoms with Gasteiger partial charge in [-0.1, -0.05) is 25.1 Å². The average molecular weight is 352 g/mol. The lowest BCUT2D eigenvalue weighted by atomic mass is 9.96. The highest BCUT2D eigenvalue weighted by Gasteiger charge is 2.19. The molecule has 3 heteroatoms. The van der Waals surface area contributed by atoms with Crippen LogP contribution in [0, 0.1) is 20.8 Å². The Hall–Kier alpha value is -0.640. The van der Waals surface area contributed by atoms with Crippen LogP contribution in [0.25, 0.3) is 0 Å². The Kier molecular flexibility index (Phi) is 5.42. The van der Waals surface area contributed by atoms with Crippen LogP contribution < -0.4 is 5.32 Å². The molecule has 1 aromatic carbocycles. The summed E-state index contributed by atoms with van der Waals surface area (Å²) in [7, 11) is 0. The van der Waals surface area contributed by atoms with Gasteiger partial charge < -0.3 is 5.32 Å². The molecule has 1 atom stereocenters. The molecule has 0 radical (unpaired) electrons. The fraction of sp³-hybridized carbons (Fsp3) is 0.412. The number of thiophene rings is 1. The third-order valence-electron chi connectivity index (χ3n) is 3.72.